The molecule has 9 heteroatoms. The van der Waals surface area contributed by atoms with E-state index in [0.717, 1.165) is 49.4 Å². The molecule has 2 amide bonds. The summed E-state index contributed by atoms with van der Waals surface area (Å²) in [4.78, 5) is 40.8. The molecule has 7 aromatic rings. The maximum atomic E-state index is 13.4. The van der Waals surface area contributed by atoms with E-state index in [1.807, 2.05) is 86.9 Å². The van der Waals surface area contributed by atoms with Crippen molar-refractivity contribution in [2.45, 2.75) is 32.9 Å². The molecule has 48 heavy (non-hydrogen) atoms. The Morgan fingerprint density at radius 2 is 1.54 bits per heavy atom. The number of hydrogen-bond donors (Lipinski definition) is 3. The highest BCUT2D eigenvalue weighted by atomic mass is 16.6. The van der Waals surface area contributed by atoms with Crippen LogP contribution in [0.25, 0.3) is 38.3 Å². The predicted molar refractivity (Wildman–Crippen MR) is 189 cm³/mol. The van der Waals surface area contributed by atoms with Gasteiger partial charge in [0.2, 0.25) is 0 Å². The first kappa shape index (κ1) is 30.4. The monoisotopic (exact) mass is 635 g/mol. The molecule has 0 saturated heterocycles. The van der Waals surface area contributed by atoms with Crippen LogP contribution >= 0.6 is 0 Å². The smallest absolute Gasteiger partial charge is 0.270 e. The molecule has 0 bridgehead atoms. The molecule has 0 aliphatic carbocycles. The summed E-state index contributed by atoms with van der Waals surface area (Å²) in [7, 11) is 0. The summed E-state index contributed by atoms with van der Waals surface area (Å²) in [6, 6.07) is 31.5. The number of para-hydroxylation sites is 1. The Labute approximate surface area is 276 Å². The normalized spacial score (nSPS) is 12.6. The molecule has 2 aromatic heterocycles. The number of fused-ring (bicyclic) bond motifs is 3. The van der Waals surface area contributed by atoms with Crippen molar-refractivity contribution in [3.8, 4) is 5.69 Å². The topological polar surface area (TPSA) is 122 Å². The van der Waals surface area contributed by atoms with Crippen molar-refractivity contribution in [3.63, 3.8) is 0 Å². The molecule has 2 heterocycles. The fourth-order valence-corrected chi connectivity index (χ4v) is 6.47. The van der Waals surface area contributed by atoms with Gasteiger partial charge in [0.25, 0.3) is 17.5 Å². The maximum Gasteiger partial charge on any atom is 0.270 e. The highest BCUT2D eigenvalue weighted by molar-refractivity contribution is 5.99. The van der Waals surface area contributed by atoms with Crippen molar-refractivity contribution in [1.82, 2.24) is 20.2 Å². The van der Waals surface area contributed by atoms with E-state index in [2.05, 4.69) is 44.5 Å². The second-order valence-corrected chi connectivity index (χ2v) is 12.2. The van der Waals surface area contributed by atoms with Gasteiger partial charge in [0.1, 0.15) is 0 Å². The molecular weight excluding hydrogens is 602 g/mol. The summed E-state index contributed by atoms with van der Waals surface area (Å²) < 4.78 is 2.11. The van der Waals surface area contributed by atoms with Crippen LogP contribution in [-0.2, 0) is 0 Å². The average molecular weight is 636 g/mol. The minimum absolute atomic E-state index is 0.131. The van der Waals surface area contributed by atoms with Crippen LogP contribution in [0.2, 0.25) is 0 Å². The van der Waals surface area contributed by atoms with Crippen molar-refractivity contribution in [3.05, 3.63) is 153 Å². The van der Waals surface area contributed by atoms with Gasteiger partial charge in [0.15, 0.2) is 0 Å². The third kappa shape index (κ3) is 5.55. The molecule has 7 rings (SSSR count). The lowest BCUT2D eigenvalue weighted by Crippen LogP contribution is -2.27. The van der Waals surface area contributed by atoms with E-state index in [0.29, 0.717) is 11.1 Å². The van der Waals surface area contributed by atoms with E-state index in [4.69, 9.17) is 0 Å². The second kappa shape index (κ2) is 12.2. The summed E-state index contributed by atoms with van der Waals surface area (Å²) >= 11 is 0. The van der Waals surface area contributed by atoms with E-state index < -0.39 is 11.0 Å². The van der Waals surface area contributed by atoms with Crippen molar-refractivity contribution in [1.29, 1.82) is 0 Å². The zero-order valence-electron chi connectivity index (χ0n) is 26.7. The Bertz CT molecular complexity index is 2390. The fourth-order valence-electron chi connectivity index (χ4n) is 6.47. The zero-order valence-corrected chi connectivity index (χ0v) is 26.7. The third-order valence-electron chi connectivity index (χ3n) is 9.02. The van der Waals surface area contributed by atoms with Gasteiger partial charge in [-0.3, -0.25) is 19.7 Å². The van der Waals surface area contributed by atoms with Gasteiger partial charge < -0.3 is 20.2 Å². The van der Waals surface area contributed by atoms with Crippen molar-refractivity contribution < 1.29 is 14.5 Å². The summed E-state index contributed by atoms with van der Waals surface area (Å²) in [5.74, 6) is -0.544. The van der Waals surface area contributed by atoms with Crippen LogP contribution in [0.3, 0.4) is 0 Å². The minimum atomic E-state index is -0.500. The first-order valence-electron chi connectivity index (χ1n) is 15.7. The van der Waals surface area contributed by atoms with Crippen molar-refractivity contribution >= 4 is 50.1 Å². The second-order valence-electron chi connectivity index (χ2n) is 12.2. The number of carbonyl (C=O) groups excluding carboxylic acids is 2. The first-order valence-corrected chi connectivity index (χ1v) is 15.7. The number of nitro benzene ring substituents is 1. The highest BCUT2D eigenvalue weighted by Crippen LogP contribution is 2.33. The van der Waals surface area contributed by atoms with E-state index in [9.17, 15) is 19.7 Å². The Balaban J connectivity index is 1.24. The Morgan fingerprint density at radius 3 is 2.38 bits per heavy atom. The number of nitrogens with zero attached hydrogens (tertiary/aromatic N) is 2. The molecule has 0 fully saturated rings. The number of nitro groups is 1. The number of hydrogen-bond acceptors (Lipinski definition) is 4. The summed E-state index contributed by atoms with van der Waals surface area (Å²) in [5, 5.41) is 21.7. The van der Waals surface area contributed by atoms with Crippen LogP contribution in [0.5, 0.6) is 0 Å². The van der Waals surface area contributed by atoms with Crippen LogP contribution in [0.4, 0.5) is 5.69 Å². The summed E-state index contributed by atoms with van der Waals surface area (Å²) in [5.41, 5.74) is 5.98. The fraction of sp³-hybridized carbons (Fsp3) is 0.128. The van der Waals surface area contributed by atoms with E-state index in [1.54, 1.807) is 13.0 Å². The molecule has 0 radical (unpaired) electrons. The molecule has 0 saturated carbocycles. The number of carbonyl (C=O) groups is 2. The summed E-state index contributed by atoms with van der Waals surface area (Å²) in [6.07, 6.45) is 3.87. The molecule has 5 aromatic carbocycles. The van der Waals surface area contributed by atoms with Gasteiger partial charge in [-0.05, 0) is 90.0 Å². The number of amides is 2. The average Bonchev–Trinajstić information content (AvgIpc) is 3.75. The first-order chi connectivity index (χ1) is 23.2. The molecule has 0 spiro atoms. The van der Waals surface area contributed by atoms with Crippen LogP contribution in [0, 0.1) is 17.0 Å². The minimum Gasteiger partial charge on any atom is -0.361 e. The van der Waals surface area contributed by atoms with Gasteiger partial charge in [-0.2, -0.15) is 0 Å². The van der Waals surface area contributed by atoms with E-state index in [1.165, 1.54) is 12.1 Å². The van der Waals surface area contributed by atoms with Crippen LogP contribution in [0.15, 0.2) is 116 Å². The van der Waals surface area contributed by atoms with Crippen LogP contribution in [0.1, 0.15) is 63.3 Å². The van der Waals surface area contributed by atoms with E-state index in [-0.39, 0.29) is 29.1 Å². The van der Waals surface area contributed by atoms with Gasteiger partial charge in [0.05, 0.1) is 22.5 Å². The number of aromatic nitrogens is 2. The molecule has 0 aliphatic heterocycles. The maximum absolute atomic E-state index is 13.4. The number of rotatable bonds is 8. The van der Waals surface area contributed by atoms with E-state index >= 15 is 0 Å². The standard InChI is InChI=1S/C39H33N5O4/c1-23-11-14-30(44(47)48)21-34(23)39(46)42-24(2)32-10-6-8-27-16-18-43(37(27)32)31-19-28-7-4-5-9-33(28)35(22-31)25(3)41-38(45)29-13-12-26-15-17-40-36(26)20-29/h4-22,24-25,40H,1-3H3,(H,41,45)(H,42,46)/t24?,25-/m1/s1. The molecule has 9 nitrogen and oxygen atoms in total. The lowest BCUT2D eigenvalue weighted by Gasteiger charge is -2.21. The number of non-ortho nitro benzene ring substituents is 1. The molecule has 238 valence electrons. The quantitative estimate of drug-likeness (QED) is 0.115. The van der Waals surface area contributed by atoms with Crippen molar-refractivity contribution in [2.24, 2.45) is 0 Å². The van der Waals surface area contributed by atoms with Gasteiger partial charge in [-0.1, -0.05) is 54.6 Å². The number of aryl methyl sites for hydroxylation is 1. The molecule has 3 N–H and O–H groups in total. The Kier molecular flexibility index (Phi) is 7.72. The SMILES string of the molecule is Cc1ccc([N+](=O)[O-])cc1C(=O)NC(C)c1cccc2ccn(-c3cc([C@@H](C)NC(=O)c4ccc5cc[nH]c5c4)c4ccccc4c3)c12. The number of aromatic amines is 1. The summed E-state index contributed by atoms with van der Waals surface area (Å²) in [6.45, 7) is 5.66. The zero-order chi connectivity index (χ0) is 33.5. The number of H-pyrrole nitrogens is 1. The Hall–Kier alpha value is -6.22. The van der Waals surface area contributed by atoms with Crippen LogP contribution < -0.4 is 10.6 Å². The molecule has 1 unspecified atom stereocenters. The number of nitrogens with one attached hydrogen (secondary N) is 3. The molecule has 0 aliphatic rings. The predicted octanol–water partition coefficient (Wildman–Crippen LogP) is 8.46. The highest BCUT2D eigenvalue weighted by Gasteiger charge is 2.21. The van der Waals surface area contributed by atoms with Gasteiger partial charge in [-0.25, -0.2) is 0 Å². The van der Waals surface area contributed by atoms with Crippen molar-refractivity contribution in [2.75, 3.05) is 0 Å². The lowest BCUT2D eigenvalue weighted by molar-refractivity contribution is -0.384. The lowest BCUT2D eigenvalue weighted by atomic mass is 9.97. The molecular formula is C39H33N5O4. The number of benzene rings is 5. The van der Waals surface area contributed by atoms with Gasteiger partial charge in [-0.15, -0.1) is 0 Å². The third-order valence-corrected chi connectivity index (χ3v) is 9.02. The molecule has 2 atom stereocenters. The Morgan fingerprint density at radius 1 is 0.771 bits per heavy atom. The van der Waals surface area contributed by atoms with Crippen LogP contribution in [-0.4, -0.2) is 26.3 Å². The van der Waals surface area contributed by atoms with Gasteiger partial charge in [0, 0.05) is 52.2 Å². The van der Waals surface area contributed by atoms with Gasteiger partial charge >= 0.3 is 0 Å². The largest absolute Gasteiger partial charge is 0.361 e.